The molecule has 0 aromatic carbocycles. The largest absolute Gasteiger partial charge is 0.481 e. The lowest BCUT2D eigenvalue weighted by atomic mass is 9.94. The van der Waals surface area contributed by atoms with Crippen LogP contribution >= 0.6 is 0 Å². The number of aromatic nitrogens is 3. The minimum Gasteiger partial charge on any atom is -0.481 e. The van der Waals surface area contributed by atoms with E-state index in [0.29, 0.717) is 40.6 Å². The van der Waals surface area contributed by atoms with E-state index in [4.69, 9.17) is 13.7 Å². The van der Waals surface area contributed by atoms with Crippen molar-refractivity contribution >= 4 is 5.78 Å². The topological polar surface area (TPSA) is 91.2 Å². The van der Waals surface area contributed by atoms with Gasteiger partial charge in [0.05, 0.1) is 18.2 Å². The molecule has 1 aliphatic rings. The van der Waals surface area contributed by atoms with Crippen LogP contribution in [0.4, 0.5) is 0 Å². The van der Waals surface area contributed by atoms with Crippen LogP contribution in [0.5, 0.6) is 5.88 Å². The SMILES string of the molecule is COc1ccc(-c2noc(-c3coc4c3C(=O)CCC4)n2)cn1. The van der Waals surface area contributed by atoms with Crippen LogP contribution in [0.25, 0.3) is 22.8 Å². The van der Waals surface area contributed by atoms with Crippen LogP contribution in [0.1, 0.15) is 29.0 Å². The third-order valence-electron chi connectivity index (χ3n) is 3.81. The van der Waals surface area contributed by atoms with Gasteiger partial charge >= 0.3 is 0 Å². The highest BCUT2D eigenvalue weighted by Crippen LogP contribution is 2.33. The number of fused-ring (bicyclic) bond motifs is 1. The molecule has 0 fully saturated rings. The van der Waals surface area contributed by atoms with Crippen LogP contribution in [0.15, 0.2) is 33.5 Å². The van der Waals surface area contributed by atoms with Crippen LogP contribution in [-0.2, 0) is 6.42 Å². The molecule has 4 rings (SSSR count). The zero-order valence-corrected chi connectivity index (χ0v) is 12.4. The average Bonchev–Trinajstić information content (AvgIpc) is 3.22. The van der Waals surface area contributed by atoms with E-state index >= 15 is 0 Å². The van der Waals surface area contributed by atoms with Crippen LogP contribution in [0.3, 0.4) is 0 Å². The predicted molar refractivity (Wildman–Crippen MR) is 79.1 cm³/mol. The number of pyridine rings is 1. The molecule has 0 N–H and O–H groups in total. The Labute approximate surface area is 131 Å². The smallest absolute Gasteiger partial charge is 0.262 e. The predicted octanol–water partition coefficient (Wildman–Crippen LogP) is 2.92. The van der Waals surface area contributed by atoms with Gasteiger partial charge in [-0.1, -0.05) is 5.16 Å². The van der Waals surface area contributed by atoms with Crippen LogP contribution in [-0.4, -0.2) is 28.0 Å². The molecular formula is C16H13N3O4. The molecule has 0 radical (unpaired) electrons. The number of carbonyl (C=O) groups is 1. The Morgan fingerprint density at radius 1 is 1.26 bits per heavy atom. The zero-order valence-electron chi connectivity index (χ0n) is 12.4. The van der Waals surface area contributed by atoms with Crippen molar-refractivity contribution in [1.82, 2.24) is 15.1 Å². The third-order valence-corrected chi connectivity index (χ3v) is 3.81. The number of hydrogen-bond donors (Lipinski definition) is 0. The fourth-order valence-electron chi connectivity index (χ4n) is 2.66. The molecular weight excluding hydrogens is 298 g/mol. The van der Waals surface area contributed by atoms with Gasteiger partial charge in [0.1, 0.15) is 12.0 Å². The number of hydrogen-bond acceptors (Lipinski definition) is 7. The lowest BCUT2D eigenvalue weighted by Gasteiger charge is -2.08. The van der Waals surface area contributed by atoms with Crippen LogP contribution < -0.4 is 4.74 Å². The summed E-state index contributed by atoms with van der Waals surface area (Å²) < 4.78 is 15.8. The second-order valence-electron chi connectivity index (χ2n) is 5.24. The van der Waals surface area contributed by atoms with Gasteiger partial charge in [-0.05, 0) is 12.5 Å². The summed E-state index contributed by atoms with van der Waals surface area (Å²) in [5.74, 6) is 1.93. The number of aryl methyl sites for hydroxylation is 1. The molecule has 0 saturated carbocycles. The van der Waals surface area contributed by atoms with Gasteiger partial charge in [-0.15, -0.1) is 0 Å². The van der Waals surface area contributed by atoms with Crippen molar-refractivity contribution in [3.05, 3.63) is 35.9 Å². The van der Waals surface area contributed by atoms with Gasteiger partial charge in [0.25, 0.3) is 5.89 Å². The lowest BCUT2D eigenvalue weighted by molar-refractivity contribution is 0.0969. The van der Waals surface area contributed by atoms with E-state index in [-0.39, 0.29) is 11.7 Å². The number of furan rings is 1. The molecule has 1 aliphatic carbocycles. The van der Waals surface area contributed by atoms with Gasteiger partial charge in [0.2, 0.25) is 11.7 Å². The molecule has 3 aromatic heterocycles. The van der Waals surface area contributed by atoms with Crippen LogP contribution in [0, 0.1) is 0 Å². The minimum atomic E-state index is 0.0564. The highest BCUT2D eigenvalue weighted by Gasteiger charge is 2.28. The van der Waals surface area contributed by atoms with Crippen LogP contribution in [0.2, 0.25) is 0 Å². The number of rotatable bonds is 3. The highest BCUT2D eigenvalue weighted by molar-refractivity contribution is 6.03. The fourth-order valence-corrected chi connectivity index (χ4v) is 2.66. The number of ether oxygens (including phenoxy) is 1. The highest BCUT2D eigenvalue weighted by atomic mass is 16.5. The van der Waals surface area contributed by atoms with Crippen molar-refractivity contribution in [3.63, 3.8) is 0 Å². The van der Waals surface area contributed by atoms with Crippen molar-refractivity contribution < 1.29 is 18.5 Å². The molecule has 0 bridgehead atoms. The first-order valence-electron chi connectivity index (χ1n) is 7.24. The maximum Gasteiger partial charge on any atom is 0.262 e. The summed E-state index contributed by atoms with van der Waals surface area (Å²) in [6.07, 6.45) is 5.19. The zero-order chi connectivity index (χ0) is 15.8. The summed E-state index contributed by atoms with van der Waals surface area (Å²) in [4.78, 5) is 20.6. The number of Topliss-reactive ketones (excluding diaryl/α,β-unsaturated/α-hetero) is 1. The Hall–Kier alpha value is -2.96. The van der Waals surface area contributed by atoms with Gasteiger partial charge in [0.15, 0.2) is 5.78 Å². The first-order chi connectivity index (χ1) is 11.3. The summed E-state index contributed by atoms with van der Waals surface area (Å²) >= 11 is 0. The number of ketones is 1. The molecule has 0 atom stereocenters. The van der Waals surface area contributed by atoms with E-state index in [9.17, 15) is 4.79 Å². The molecule has 7 nitrogen and oxygen atoms in total. The van der Waals surface area contributed by atoms with E-state index < -0.39 is 0 Å². The van der Waals surface area contributed by atoms with Crippen molar-refractivity contribution in [3.8, 4) is 28.7 Å². The van der Waals surface area contributed by atoms with E-state index in [1.165, 1.54) is 6.26 Å². The van der Waals surface area contributed by atoms with E-state index in [0.717, 1.165) is 12.8 Å². The summed E-state index contributed by atoms with van der Waals surface area (Å²) in [6.45, 7) is 0. The van der Waals surface area contributed by atoms with Crippen molar-refractivity contribution in [2.75, 3.05) is 7.11 Å². The average molecular weight is 311 g/mol. The van der Waals surface area contributed by atoms with Crippen molar-refractivity contribution in [1.29, 1.82) is 0 Å². The van der Waals surface area contributed by atoms with Crippen molar-refractivity contribution in [2.45, 2.75) is 19.3 Å². The second-order valence-corrected chi connectivity index (χ2v) is 5.24. The summed E-state index contributed by atoms with van der Waals surface area (Å²) in [7, 11) is 1.55. The Morgan fingerprint density at radius 3 is 2.96 bits per heavy atom. The first-order valence-corrected chi connectivity index (χ1v) is 7.24. The molecule has 0 amide bonds. The molecule has 3 aromatic rings. The Morgan fingerprint density at radius 2 is 2.17 bits per heavy atom. The molecule has 0 aliphatic heterocycles. The molecule has 116 valence electrons. The van der Waals surface area contributed by atoms with Gasteiger partial charge in [-0.2, -0.15) is 4.98 Å². The Kier molecular flexibility index (Phi) is 3.18. The fraction of sp³-hybridized carbons (Fsp3) is 0.250. The second kappa shape index (κ2) is 5.35. The maximum atomic E-state index is 12.1. The number of nitrogens with zero attached hydrogens (tertiary/aromatic N) is 3. The maximum absolute atomic E-state index is 12.1. The van der Waals surface area contributed by atoms with Gasteiger partial charge in [0, 0.05) is 30.7 Å². The molecule has 7 heteroatoms. The Balaban J connectivity index is 1.71. The number of carbonyl (C=O) groups excluding carboxylic acids is 1. The van der Waals surface area contributed by atoms with Crippen molar-refractivity contribution in [2.24, 2.45) is 0 Å². The summed E-state index contributed by atoms with van der Waals surface area (Å²) in [6, 6.07) is 3.51. The van der Waals surface area contributed by atoms with E-state index in [1.54, 1.807) is 25.4 Å². The lowest BCUT2D eigenvalue weighted by Crippen LogP contribution is -2.09. The quantitative estimate of drug-likeness (QED) is 0.734. The standard InChI is InChI=1S/C16H13N3O4/c1-21-13-6-5-9(7-17-13)15-18-16(23-19-15)10-8-22-12-4-2-3-11(20)14(10)12/h5-8H,2-4H2,1H3. The molecule has 3 heterocycles. The third kappa shape index (κ3) is 2.30. The normalized spacial score (nSPS) is 13.9. The first kappa shape index (κ1) is 13.7. The van der Waals surface area contributed by atoms with Gasteiger partial charge < -0.3 is 13.7 Å². The summed E-state index contributed by atoms with van der Waals surface area (Å²) in [5.41, 5.74) is 1.83. The minimum absolute atomic E-state index is 0.0564. The molecule has 0 saturated heterocycles. The monoisotopic (exact) mass is 311 g/mol. The van der Waals surface area contributed by atoms with Gasteiger partial charge in [-0.3, -0.25) is 4.79 Å². The molecule has 0 spiro atoms. The summed E-state index contributed by atoms with van der Waals surface area (Å²) in [5, 5.41) is 3.95. The molecule has 0 unspecified atom stereocenters. The number of methoxy groups -OCH3 is 1. The van der Waals surface area contributed by atoms with E-state index in [2.05, 4.69) is 15.1 Å². The molecule has 23 heavy (non-hydrogen) atoms. The Bertz CT molecular complexity index is 864. The van der Waals surface area contributed by atoms with Gasteiger partial charge in [-0.25, -0.2) is 4.98 Å². The van der Waals surface area contributed by atoms with E-state index in [1.807, 2.05) is 0 Å².